The summed E-state index contributed by atoms with van der Waals surface area (Å²) in [7, 11) is 0. The first-order chi connectivity index (χ1) is 15.2. The van der Waals surface area contributed by atoms with Gasteiger partial charge in [0.25, 0.3) is 5.91 Å². The number of anilines is 1. The molecule has 4 rings (SSSR count). The SMILES string of the molecule is C[C@@H](c1ccc(C(F)(F)F)cc1F)n1cc(NC(=O)c2cc(-c3ccccn3)on2)cn1. The molecular weight excluding hydrogens is 430 g/mol. The van der Waals surface area contributed by atoms with Gasteiger partial charge < -0.3 is 9.84 Å². The minimum absolute atomic E-state index is 0.0141. The van der Waals surface area contributed by atoms with Gasteiger partial charge in [-0.3, -0.25) is 14.5 Å². The van der Waals surface area contributed by atoms with Crippen molar-refractivity contribution in [3.05, 3.63) is 83.7 Å². The Balaban J connectivity index is 1.47. The minimum atomic E-state index is -4.64. The molecular formula is C21H15F4N5O2. The number of nitrogens with one attached hydrogen (secondary N) is 1. The third kappa shape index (κ3) is 4.36. The minimum Gasteiger partial charge on any atom is -0.354 e. The van der Waals surface area contributed by atoms with Crippen molar-refractivity contribution in [3.63, 3.8) is 0 Å². The second-order valence-corrected chi connectivity index (χ2v) is 6.86. The van der Waals surface area contributed by atoms with Crippen molar-refractivity contribution in [1.29, 1.82) is 0 Å². The normalized spacial score (nSPS) is 12.5. The standard InChI is InChI=1S/C21H15F4N5O2/c1-12(15-6-5-13(8-16(15)22)21(23,24)25)30-11-14(10-27-30)28-20(31)18-9-19(32-29-18)17-4-2-3-7-26-17/h2-12H,1H3,(H,28,31)/t12-/m0/s1. The second kappa shape index (κ2) is 8.25. The van der Waals surface area contributed by atoms with Gasteiger partial charge in [-0.25, -0.2) is 4.39 Å². The van der Waals surface area contributed by atoms with Crippen molar-refractivity contribution in [3.8, 4) is 11.5 Å². The van der Waals surface area contributed by atoms with E-state index in [0.29, 0.717) is 17.5 Å². The lowest BCUT2D eigenvalue weighted by atomic mass is 10.1. The molecule has 0 radical (unpaired) electrons. The molecule has 0 aliphatic heterocycles. The third-order valence-electron chi connectivity index (χ3n) is 4.69. The zero-order chi connectivity index (χ0) is 22.9. The average molecular weight is 445 g/mol. The van der Waals surface area contributed by atoms with Gasteiger partial charge in [0, 0.05) is 24.0 Å². The van der Waals surface area contributed by atoms with Crippen molar-refractivity contribution >= 4 is 11.6 Å². The van der Waals surface area contributed by atoms with Crippen LogP contribution in [0.1, 0.15) is 34.6 Å². The maximum Gasteiger partial charge on any atom is 0.416 e. The third-order valence-corrected chi connectivity index (χ3v) is 4.69. The van der Waals surface area contributed by atoms with E-state index in [1.165, 1.54) is 23.1 Å². The highest BCUT2D eigenvalue weighted by molar-refractivity contribution is 6.03. The highest BCUT2D eigenvalue weighted by Crippen LogP contribution is 2.32. The molecule has 164 valence electrons. The molecule has 0 spiro atoms. The van der Waals surface area contributed by atoms with Crippen LogP contribution in [-0.4, -0.2) is 25.8 Å². The Morgan fingerprint density at radius 3 is 2.69 bits per heavy atom. The number of amides is 1. The van der Waals surface area contributed by atoms with Crippen LogP contribution in [0, 0.1) is 5.82 Å². The van der Waals surface area contributed by atoms with Gasteiger partial charge in [-0.2, -0.15) is 18.3 Å². The van der Waals surface area contributed by atoms with Crippen LogP contribution in [0.5, 0.6) is 0 Å². The fraction of sp³-hybridized carbons (Fsp3) is 0.143. The Hall–Kier alpha value is -4.02. The van der Waals surface area contributed by atoms with Crippen molar-refractivity contribution in [1.82, 2.24) is 19.9 Å². The zero-order valence-electron chi connectivity index (χ0n) is 16.5. The molecule has 32 heavy (non-hydrogen) atoms. The van der Waals surface area contributed by atoms with Gasteiger partial charge in [-0.15, -0.1) is 0 Å². The molecule has 0 fully saturated rings. The lowest BCUT2D eigenvalue weighted by Gasteiger charge is -2.15. The van der Waals surface area contributed by atoms with Crippen LogP contribution in [-0.2, 0) is 6.18 Å². The molecule has 1 N–H and O–H groups in total. The summed E-state index contributed by atoms with van der Waals surface area (Å²) in [6, 6.07) is 8.24. The molecule has 0 aliphatic rings. The van der Waals surface area contributed by atoms with Crippen molar-refractivity contribution in [2.24, 2.45) is 0 Å². The van der Waals surface area contributed by atoms with Gasteiger partial charge in [0.05, 0.1) is 23.5 Å². The van der Waals surface area contributed by atoms with E-state index in [0.717, 1.165) is 12.1 Å². The van der Waals surface area contributed by atoms with Crippen molar-refractivity contribution in [2.75, 3.05) is 5.32 Å². The Labute approximate surface area is 178 Å². The van der Waals surface area contributed by atoms with E-state index in [2.05, 4.69) is 20.6 Å². The number of benzene rings is 1. The molecule has 11 heteroatoms. The highest BCUT2D eigenvalue weighted by atomic mass is 19.4. The number of hydrogen-bond donors (Lipinski definition) is 1. The Bertz CT molecular complexity index is 1250. The number of carbonyl (C=O) groups excluding carboxylic acids is 1. The van der Waals surface area contributed by atoms with Crippen LogP contribution in [0.25, 0.3) is 11.5 Å². The van der Waals surface area contributed by atoms with E-state index >= 15 is 0 Å². The van der Waals surface area contributed by atoms with Gasteiger partial charge in [-0.05, 0) is 31.2 Å². The first kappa shape index (κ1) is 21.2. The summed E-state index contributed by atoms with van der Waals surface area (Å²) in [4.78, 5) is 16.5. The number of pyridine rings is 1. The van der Waals surface area contributed by atoms with Gasteiger partial charge in [0.15, 0.2) is 11.5 Å². The first-order valence-electron chi connectivity index (χ1n) is 9.32. The van der Waals surface area contributed by atoms with Crippen LogP contribution >= 0.6 is 0 Å². The fourth-order valence-electron chi connectivity index (χ4n) is 3.01. The van der Waals surface area contributed by atoms with Crippen LogP contribution in [0.2, 0.25) is 0 Å². The Morgan fingerprint density at radius 1 is 1.19 bits per heavy atom. The molecule has 7 nitrogen and oxygen atoms in total. The lowest BCUT2D eigenvalue weighted by Crippen LogP contribution is -2.13. The summed E-state index contributed by atoms with van der Waals surface area (Å²) >= 11 is 0. The second-order valence-electron chi connectivity index (χ2n) is 6.86. The van der Waals surface area contributed by atoms with Gasteiger partial charge >= 0.3 is 6.18 Å². The largest absolute Gasteiger partial charge is 0.416 e. The smallest absolute Gasteiger partial charge is 0.354 e. The Kier molecular flexibility index (Phi) is 5.47. The van der Waals surface area contributed by atoms with Crippen LogP contribution < -0.4 is 5.32 Å². The molecule has 1 amide bonds. The quantitative estimate of drug-likeness (QED) is 0.439. The van der Waals surface area contributed by atoms with Gasteiger partial charge in [0.2, 0.25) is 0 Å². The van der Waals surface area contributed by atoms with Crippen molar-refractivity contribution in [2.45, 2.75) is 19.1 Å². The van der Waals surface area contributed by atoms with Crippen LogP contribution in [0.3, 0.4) is 0 Å². The van der Waals surface area contributed by atoms with E-state index in [9.17, 15) is 22.4 Å². The highest BCUT2D eigenvalue weighted by Gasteiger charge is 2.31. The zero-order valence-corrected chi connectivity index (χ0v) is 16.5. The molecule has 4 aromatic rings. The fourth-order valence-corrected chi connectivity index (χ4v) is 3.01. The number of halogens is 4. The summed E-state index contributed by atoms with van der Waals surface area (Å²) in [6.07, 6.45) is -0.300. The molecule has 3 aromatic heterocycles. The van der Waals surface area contributed by atoms with Crippen molar-refractivity contribution < 1.29 is 26.9 Å². The Morgan fingerprint density at radius 2 is 2.00 bits per heavy atom. The number of aromatic nitrogens is 4. The molecule has 0 aliphatic carbocycles. The maximum absolute atomic E-state index is 14.3. The van der Waals surface area contributed by atoms with E-state index < -0.39 is 29.5 Å². The lowest BCUT2D eigenvalue weighted by molar-refractivity contribution is -0.137. The number of carbonyl (C=O) groups is 1. The molecule has 0 saturated carbocycles. The number of nitrogens with zero attached hydrogens (tertiary/aromatic N) is 4. The molecule has 0 saturated heterocycles. The molecule has 1 aromatic carbocycles. The molecule has 0 bridgehead atoms. The monoisotopic (exact) mass is 445 g/mol. The maximum atomic E-state index is 14.3. The predicted molar refractivity (Wildman–Crippen MR) is 105 cm³/mol. The summed E-state index contributed by atoms with van der Waals surface area (Å²) in [5.41, 5.74) is -0.233. The predicted octanol–water partition coefficient (Wildman–Crippen LogP) is 4.95. The van der Waals surface area contributed by atoms with Crippen LogP contribution in [0.4, 0.5) is 23.2 Å². The molecule has 0 unspecified atom stereocenters. The summed E-state index contributed by atoms with van der Waals surface area (Å²) < 4.78 is 59.0. The summed E-state index contributed by atoms with van der Waals surface area (Å²) in [6.45, 7) is 1.57. The summed E-state index contributed by atoms with van der Waals surface area (Å²) in [5.74, 6) is -1.25. The van der Waals surface area contributed by atoms with Gasteiger partial charge in [-0.1, -0.05) is 17.3 Å². The number of hydrogen-bond acceptors (Lipinski definition) is 5. The average Bonchev–Trinajstić information content (AvgIpc) is 3.43. The topological polar surface area (TPSA) is 85.8 Å². The first-order valence-corrected chi connectivity index (χ1v) is 9.32. The van der Waals surface area contributed by atoms with E-state index in [-0.39, 0.29) is 16.9 Å². The van der Waals surface area contributed by atoms with E-state index in [4.69, 9.17) is 4.52 Å². The summed E-state index contributed by atoms with van der Waals surface area (Å²) in [5, 5.41) is 10.4. The number of alkyl halides is 3. The van der Waals surface area contributed by atoms with Gasteiger partial charge in [0.1, 0.15) is 11.5 Å². The van der Waals surface area contributed by atoms with Crippen LogP contribution in [0.15, 0.2) is 65.6 Å². The van der Waals surface area contributed by atoms with E-state index in [1.807, 2.05) is 0 Å². The molecule has 1 atom stereocenters. The van der Waals surface area contributed by atoms with E-state index in [1.54, 1.807) is 31.3 Å². The molecule has 3 heterocycles. The number of rotatable bonds is 5.